The van der Waals surface area contributed by atoms with Crippen LogP contribution in [0.25, 0.3) is 0 Å². The average Bonchev–Trinajstić information content (AvgIpc) is 2.28. The average molecular weight is 314 g/mol. The molecule has 0 aromatic heterocycles. The van der Waals surface area contributed by atoms with E-state index in [2.05, 4.69) is 4.18 Å². The van der Waals surface area contributed by atoms with Crippen molar-refractivity contribution in [3.63, 3.8) is 0 Å². The molecule has 0 spiro atoms. The van der Waals surface area contributed by atoms with E-state index in [9.17, 15) is 8.42 Å². The van der Waals surface area contributed by atoms with E-state index in [1.165, 1.54) is 12.1 Å². The minimum atomic E-state index is -4.49. The number of nitrogens with zero attached hydrogens (tertiary/aromatic N) is 1. The molecule has 0 aliphatic carbocycles. The maximum absolute atomic E-state index is 10.5. The third-order valence-electron chi connectivity index (χ3n) is 2.11. The van der Waals surface area contributed by atoms with Gasteiger partial charge in [-0.3, -0.25) is 4.55 Å². The van der Waals surface area contributed by atoms with Crippen molar-refractivity contribution in [3.8, 4) is 5.75 Å². The van der Waals surface area contributed by atoms with Crippen LogP contribution in [0.2, 0.25) is 0 Å². The molecule has 1 aromatic rings. The number of hydrogen-bond donors (Lipinski definition) is 1. The van der Waals surface area contributed by atoms with Gasteiger partial charge in [0.1, 0.15) is 5.75 Å². The predicted octanol–water partition coefficient (Wildman–Crippen LogP) is 2.15. The van der Waals surface area contributed by atoms with Gasteiger partial charge in [-0.25, -0.2) is 0 Å². The molecule has 0 saturated heterocycles. The van der Waals surface area contributed by atoms with Gasteiger partial charge in [0.25, 0.3) is 0 Å². The first kappa shape index (κ1) is 15.4. The molecule has 1 N–H and O–H groups in total. The maximum atomic E-state index is 10.5. The second-order valence-corrected chi connectivity index (χ2v) is 5.15. The van der Waals surface area contributed by atoms with Crippen LogP contribution in [-0.2, 0) is 10.4 Å². The van der Waals surface area contributed by atoms with Crippen LogP contribution in [0.15, 0.2) is 24.3 Å². The molecule has 0 unspecified atom stereocenters. The van der Waals surface area contributed by atoms with Gasteiger partial charge in [-0.1, -0.05) is 0 Å². The topological polar surface area (TPSA) is 66.8 Å². The Morgan fingerprint density at radius 3 is 2.00 bits per heavy atom. The third-order valence-corrected chi connectivity index (χ3v) is 2.85. The molecule has 8 heteroatoms. The Hall–Kier alpha value is -0.690. The molecule has 1 rings (SSSR count). The summed E-state index contributed by atoms with van der Waals surface area (Å²) in [6, 6.07) is 6.22. The summed E-state index contributed by atoms with van der Waals surface area (Å²) in [4.78, 5) is 1.96. The lowest BCUT2D eigenvalue weighted by Gasteiger charge is -2.22. The summed E-state index contributed by atoms with van der Waals surface area (Å²) in [6.45, 7) is 1.26. The molecule has 102 valence electrons. The van der Waals surface area contributed by atoms with E-state index in [-0.39, 0.29) is 5.75 Å². The van der Waals surface area contributed by atoms with Crippen molar-refractivity contribution in [1.82, 2.24) is 0 Å². The Morgan fingerprint density at radius 1 is 1.11 bits per heavy atom. The SMILES string of the molecule is O=S(=O)(O)Oc1ccc(N(CCCl)CCCl)cc1. The quantitative estimate of drug-likeness (QED) is 0.617. The number of rotatable bonds is 7. The highest BCUT2D eigenvalue weighted by Gasteiger charge is 2.09. The van der Waals surface area contributed by atoms with E-state index in [1.54, 1.807) is 12.1 Å². The molecule has 0 aliphatic heterocycles. The highest BCUT2D eigenvalue weighted by Crippen LogP contribution is 2.20. The molecule has 0 atom stereocenters. The molecule has 0 fully saturated rings. The van der Waals surface area contributed by atoms with Crippen molar-refractivity contribution >= 4 is 39.3 Å². The monoisotopic (exact) mass is 313 g/mol. The Morgan fingerprint density at radius 2 is 1.61 bits per heavy atom. The molecule has 0 heterocycles. The number of anilines is 1. The molecule has 0 aliphatic rings. The van der Waals surface area contributed by atoms with Crippen LogP contribution in [0.1, 0.15) is 0 Å². The van der Waals surface area contributed by atoms with Crippen LogP contribution in [0.4, 0.5) is 5.69 Å². The van der Waals surface area contributed by atoms with Crippen LogP contribution >= 0.6 is 23.2 Å². The van der Waals surface area contributed by atoms with Crippen molar-refractivity contribution in [2.24, 2.45) is 0 Å². The molecule has 0 saturated carbocycles. The predicted molar refractivity (Wildman–Crippen MR) is 72.3 cm³/mol. The molecule has 0 amide bonds. The Labute approximate surface area is 116 Å². The molecule has 18 heavy (non-hydrogen) atoms. The van der Waals surface area contributed by atoms with Gasteiger partial charge < -0.3 is 9.08 Å². The number of halogens is 2. The molecule has 0 radical (unpaired) electrons. The van der Waals surface area contributed by atoms with Crippen molar-refractivity contribution in [2.45, 2.75) is 0 Å². The first-order valence-corrected chi connectivity index (χ1v) is 7.53. The summed E-state index contributed by atoms with van der Waals surface area (Å²) >= 11 is 11.4. The zero-order valence-corrected chi connectivity index (χ0v) is 11.7. The number of alkyl halides is 2. The van der Waals surface area contributed by atoms with Crippen molar-refractivity contribution in [3.05, 3.63) is 24.3 Å². The summed E-state index contributed by atoms with van der Waals surface area (Å²) in [5.74, 6) is 0.957. The minimum Gasteiger partial charge on any atom is -0.369 e. The highest BCUT2D eigenvalue weighted by molar-refractivity contribution is 7.81. The highest BCUT2D eigenvalue weighted by atomic mass is 35.5. The maximum Gasteiger partial charge on any atom is 0.446 e. The summed E-state index contributed by atoms with van der Waals surface area (Å²) in [5.41, 5.74) is 0.846. The van der Waals surface area contributed by atoms with E-state index in [1.807, 2.05) is 4.90 Å². The number of hydrogen-bond acceptors (Lipinski definition) is 4. The van der Waals surface area contributed by atoms with E-state index in [4.69, 9.17) is 27.8 Å². The van der Waals surface area contributed by atoms with Gasteiger partial charge in [-0.2, -0.15) is 8.42 Å². The lowest BCUT2D eigenvalue weighted by atomic mass is 10.2. The molecule has 1 aromatic carbocycles. The lowest BCUT2D eigenvalue weighted by molar-refractivity contribution is 0.387. The zero-order chi connectivity index (χ0) is 13.6. The van der Waals surface area contributed by atoms with Crippen molar-refractivity contribution < 1.29 is 17.2 Å². The van der Waals surface area contributed by atoms with E-state index in [0.29, 0.717) is 24.8 Å². The van der Waals surface area contributed by atoms with Crippen LogP contribution in [0.5, 0.6) is 5.75 Å². The summed E-state index contributed by atoms with van der Waals surface area (Å²) in [7, 11) is -4.49. The smallest absolute Gasteiger partial charge is 0.369 e. The summed E-state index contributed by atoms with van der Waals surface area (Å²) in [5, 5.41) is 0. The van der Waals surface area contributed by atoms with Gasteiger partial charge in [0, 0.05) is 30.5 Å². The van der Waals surface area contributed by atoms with Gasteiger partial charge in [-0.15, -0.1) is 23.2 Å². The second kappa shape index (κ2) is 7.04. The fourth-order valence-electron chi connectivity index (χ4n) is 1.41. The number of benzene rings is 1. The summed E-state index contributed by atoms with van der Waals surface area (Å²) in [6.07, 6.45) is 0. The van der Waals surface area contributed by atoms with Gasteiger partial charge >= 0.3 is 10.4 Å². The van der Waals surface area contributed by atoms with Gasteiger partial charge in [0.05, 0.1) is 0 Å². The van der Waals surface area contributed by atoms with Crippen molar-refractivity contribution in [1.29, 1.82) is 0 Å². The van der Waals surface area contributed by atoms with Gasteiger partial charge in [0.2, 0.25) is 0 Å². The van der Waals surface area contributed by atoms with Crippen LogP contribution in [-0.4, -0.2) is 37.8 Å². The second-order valence-electron chi connectivity index (χ2n) is 3.37. The minimum absolute atomic E-state index is 0.0398. The van der Waals surface area contributed by atoms with Crippen LogP contribution in [0.3, 0.4) is 0 Å². The zero-order valence-electron chi connectivity index (χ0n) is 9.42. The van der Waals surface area contributed by atoms with E-state index >= 15 is 0 Å². The molecule has 5 nitrogen and oxygen atoms in total. The Kier molecular flexibility index (Phi) is 6.01. The first-order chi connectivity index (χ1) is 8.46. The lowest BCUT2D eigenvalue weighted by Crippen LogP contribution is -2.27. The van der Waals surface area contributed by atoms with Crippen molar-refractivity contribution in [2.75, 3.05) is 29.7 Å². The Bertz CT molecular complexity index is 457. The fourth-order valence-corrected chi connectivity index (χ4v) is 2.17. The molecule has 0 bridgehead atoms. The molecular weight excluding hydrogens is 301 g/mol. The standard InChI is InChI=1S/C10H13Cl2NO4S/c11-5-7-13(8-6-12)9-1-3-10(4-2-9)17-18(14,15)16/h1-4H,5-8H2,(H,14,15,16). The Balaban J connectivity index is 2.79. The first-order valence-electron chi connectivity index (χ1n) is 5.10. The third kappa shape index (κ3) is 5.30. The van der Waals surface area contributed by atoms with Crippen LogP contribution in [0, 0.1) is 0 Å². The summed E-state index contributed by atoms with van der Waals surface area (Å²) < 4.78 is 33.9. The van der Waals surface area contributed by atoms with E-state index < -0.39 is 10.4 Å². The van der Waals surface area contributed by atoms with E-state index in [0.717, 1.165) is 5.69 Å². The van der Waals surface area contributed by atoms with Gasteiger partial charge in [-0.05, 0) is 24.3 Å². The normalized spacial score (nSPS) is 11.3. The van der Waals surface area contributed by atoms with Crippen LogP contribution < -0.4 is 9.08 Å². The largest absolute Gasteiger partial charge is 0.446 e. The molecular formula is C10H13Cl2NO4S. The fraction of sp³-hybridized carbons (Fsp3) is 0.400. The van der Waals surface area contributed by atoms with Gasteiger partial charge in [0.15, 0.2) is 0 Å².